The van der Waals surface area contributed by atoms with E-state index in [9.17, 15) is 19.2 Å². The van der Waals surface area contributed by atoms with E-state index in [1.54, 1.807) is 66.9 Å². The molecule has 4 heterocycles. The minimum atomic E-state index is -3.61. The predicted molar refractivity (Wildman–Crippen MR) is 403 cm³/mol. The van der Waals surface area contributed by atoms with Gasteiger partial charge in [-0.25, -0.2) is 9.59 Å². The molecule has 560 valence electrons. The zero-order valence-electron chi connectivity index (χ0n) is 62.1. The minimum absolute atomic E-state index is 0.0227. The molecule has 0 radical (unpaired) electrons. The van der Waals surface area contributed by atoms with Crippen LogP contribution in [-0.4, -0.2) is 151 Å². The Hall–Kier alpha value is -7.13. The van der Waals surface area contributed by atoms with Crippen molar-refractivity contribution >= 4 is 49.3 Å². The molecular weight excluding hydrogens is 1350 g/mol. The number of hydrogen-bond acceptors (Lipinski definition) is 18. The Labute approximate surface area is 617 Å². The maximum Gasteiger partial charge on any atom is 0.343 e. The lowest BCUT2D eigenvalue weighted by Crippen LogP contribution is -2.65. The van der Waals surface area contributed by atoms with Gasteiger partial charge < -0.3 is 75.9 Å². The lowest BCUT2D eigenvalue weighted by atomic mass is 9.95. The van der Waals surface area contributed by atoms with Crippen LogP contribution in [0.3, 0.4) is 0 Å². The second kappa shape index (κ2) is 37.4. The monoisotopic (exact) mass is 1460 g/mol. The van der Waals surface area contributed by atoms with Crippen LogP contribution in [-0.2, 0) is 66.3 Å². The summed E-state index contributed by atoms with van der Waals surface area (Å²) >= 11 is 0. The quantitative estimate of drug-likeness (QED) is 0.0160. The molecule has 104 heavy (non-hydrogen) atoms. The van der Waals surface area contributed by atoms with Crippen molar-refractivity contribution in [3.63, 3.8) is 0 Å². The third kappa shape index (κ3) is 19.9. The van der Waals surface area contributed by atoms with E-state index in [-0.39, 0.29) is 24.9 Å². The van der Waals surface area contributed by atoms with E-state index in [2.05, 4.69) is 48.5 Å². The molecule has 0 aliphatic carbocycles. The van der Waals surface area contributed by atoms with Gasteiger partial charge in [-0.05, 0) is 127 Å². The molecule has 12 atom stereocenters. The molecule has 10 rings (SSSR count). The largest absolute Gasteiger partial charge is 0.495 e. The number of hydrogen-bond donors (Lipinski definition) is 2. The molecule has 0 spiro atoms. The average Bonchev–Trinajstić information content (AvgIpc) is 0.853. The van der Waals surface area contributed by atoms with Gasteiger partial charge in [-0.15, -0.1) is 0 Å². The molecule has 18 nitrogen and oxygen atoms in total. The number of benzene rings is 6. The third-order valence-electron chi connectivity index (χ3n) is 20.2. The Morgan fingerprint density at radius 1 is 0.615 bits per heavy atom. The fraction of sp³-hybridized carbons (Fsp3) is 0.476. The lowest BCUT2D eigenvalue weighted by molar-refractivity contribution is -0.331. The molecule has 2 saturated heterocycles. The number of rotatable bonds is 38. The van der Waals surface area contributed by atoms with Crippen molar-refractivity contribution in [1.82, 2.24) is 0 Å². The van der Waals surface area contributed by atoms with Gasteiger partial charge in [0.2, 0.25) is 0 Å². The van der Waals surface area contributed by atoms with E-state index in [0.717, 1.165) is 52.9 Å². The molecule has 7 unspecified atom stereocenters. The molecule has 6 aromatic carbocycles. The second-order valence-electron chi connectivity index (χ2n) is 29.1. The van der Waals surface area contributed by atoms with Crippen LogP contribution in [0.2, 0.25) is 10.1 Å². The smallest absolute Gasteiger partial charge is 0.343 e. The fourth-order valence-electron chi connectivity index (χ4n) is 14.1. The Bertz CT molecular complexity index is 3600. The summed E-state index contributed by atoms with van der Waals surface area (Å²) in [5.41, 5.74) is 0.730. The summed E-state index contributed by atoms with van der Waals surface area (Å²) in [4.78, 5) is 54.8. The van der Waals surface area contributed by atoms with E-state index in [4.69, 9.17) is 66.3 Å². The molecule has 0 aromatic heterocycles. The van der Waals surface area contributed by atoms with Crippen molar-refractivity contribution in [2.75, 3.05) is 33.0 Å². The zero-order chi connectivity index (χ0) is 73.7. The van der Waals surface area contributed by atoms with Crippen molar-refractivity contribution in [3.8, 4) is 0 Å². The van der Waals surface area contributed by atoms with Crippen LogP contribution in [0, 0.1) is 0 Å². The molecule has 6 aromatic rings. The summed E-state index contributed by atoms with van der Waals surface area (Å²) in [6.07, 6.45) is 1.56. The summed E-state index contributed by atoms with van der Waals surface area (Å²) in [5, 5.41) is 1.98. The van der Waals surface area contributed by atoms with Crippen molar-refractivity contribution in [1.29, 1.82) is 0 Å². The third-order valence-corrected chi connectivity index (χ3v) is 29.3. The van der Waals surface area contributed by atoms with Crippen molar-refractivity contribution in [2.24, 2.45) is 0 Å². The number of carbonyl (C=O) groups is 2. The first kappa shape index (κ1) is 79.4. The maximum atomic E-state index is 14.1. The van der Waals surface area contributed by atoms with Gasteiger partial charge in [-0.1, -0.05) is 225 Å². The molecule has 2 N–H and O–H groups in total. The van der Waals surface area contributed by atoms with Crippen LogP contribution in [0.5, 0.6) is 0 Å². The van der Waals surface area contributed by atoms with Crippen molar-refractivity contribution < 1.29 is 85.5 Å². The lowest BCUT2D eigenvalue weighted by Gasteiger charge is -2.47. The molecular formula is C84H108O18Si2. The first-order valence-electron chi connectivity index (χ1n) is 37.2. The van der Waals surface area contributed by atoms with Crippen LogP contribution in [0.4, 0.5) is 0 Å². The van der Waals surface area contributed by atoms with E-state index in [0.29, 0.717) is 63.1 Å². The predicted octanol–water partition coefficient (Wildman–Crippen LogP) is 13.3. The summed E-state index contributed by atoms with van der Waals surface area (Å²) in [6.45, 7) is 21.2. The molecule has 4 aliphatic rings. The van der Waals surface area contributed by atoms with Crippen molar-refractivity contribution in [2.45, 2.75) is 223 Å². The molecule has 20 heteroatoms. The van der Waals surface area contributed by atoms with Gasteiger partial charge in [0.1, 0.15) is 55.6 Å². The van der Waals surface area contributed by atoms with Crippen molar-refractivity contribution in [3.05, 3.63) is 229 Å². The second-order valence-corrected chi connectivity index (χ2v) is 36.9. The number of unbranched alkanes of at least 4 members (excludes halogenated alkanes) is 3. The SMILES string of the molecule is CCCCOC1C=C(OC[C@@H](OC(CCC(C)(C)[Si](O)(c2ccccc2)c2ccccc2)[C@H]2COC(C)(C)O2)O[C@H]2C(O[C@@H]3OC(C)[C@@H](OC(=O)c4ccccc4)C(OCCCC)C3OCCCC)C=COC2CCC(C)(C)[Si](O)(c2ccccc2)c2ccccc2)OC=C1OC(=O)c1ccccc1. The van der Waals surface area contributed by atoms with Crippen LogP contribution < -0.4 is 20.7 Å². The first-order valence-corrected chi connectivity index (χ1v) is 41.1. The van der Waals surface area contributed by atoms with Crippen LogP contribution >= 0.6 is 0 Å². The van der Waals surface area contributed by atoms with E-state index < -0.39 is 118 Å². The molecule has 0 amide bonds. The van der Waals surface area contributed by atoms with Gasteiger partial charge in [0, 0.05) is 25.9 Å². The normalized spacial score (nSPS) is 23.3. The van der Waals surface area contributed by atoms with Gasteiger partial charge in [0.05, 0.1) is 36.2 Å². The summed E-state index contributed by atoms with van der Waals surface area (Å²) in [7, 11) is -7.19. The Morgan fingerprint density at radius 3 is 1.62 bits per heavy atom. The highest BCUT2D eigenvalue weighted by atomic mass is 28.4. The molecule has 0 saturated carbocycles. The fourth-order valence-corrected chi connectivity index (χ4v) is 21.6. The van der Waals surface area contributed by atoms with E-state index >= 15 is 0 Å². The van der Waals surface area contributed by atoms with Gasteiger partial charge in [-0.3, -0.25) is 0 Å². The molecule has 4 aliphatic heterocycles. The number of esters is 2. The molecule has 2 fully saturated rings. The maximum absolute atomic E-state index is 14.1. The highest BCUT2D eigenvalue weighted by molar-refractivity contribution is 6.99. The Morgan fingerprint density at radius 2 is 1.11 bits per heavy atom. The highest BCUT2D eigenvalue weighted by Crippen LogP contribution is 2.45. The summed E-state index contributed by atoms with van der Waals surface area (Å²) < 4.78 is 95.0. The van der Waals surface area contributed by atoms with Crippen LogP contribution in [0.25, 0.3) is 0 Å². The topological polar surface area (TPSA) is 204 Å². The summed E-state index contributed by atoms with van der Waals surface area (Å²) in [5.74, 6) is -1.96. The van der Waals surface area contributed by atoms with Crippen LogP contribution in [0.15, 0.2) is 218 Å². The number of ether oxygens (including phenoxy) is 14. The van der Waals surface area contributed by atoms with E-state index in [1.807, 2.05) is 154 Å². The number of carbonyl (C=O) groups excluding carboxylic acids is 2. The Kier molecular flexibility index (Phi) is 28.6. The van der Waals surface area contributed by atoms with Gasteiger partial charge in [-0.2, -0.15) is 0 Å². The highest BCUT2D eigenvalue weighted by Gasteiger charge is 2.55. The van der Waals surface area contributed by atoms with Gasteiger partial charge >= 0.3 is 11.9 Å². The Balaban J connectivity index is 1.06. The summed E-state index contributed by atoms with van der Waals surface area (Å²) in [6, 6.07) is 57.2. The van der Waals surface area contributed by atoms with Gasteiger partial charge in [0.15, 0.2) is 30.2 Å². The average molecular weight is 1460 g/mol. The minimum Gasteiger partial charge on any atom is -0.495 e. The molecule has 0 bridgehead atoms. The van der Waals surface area contributed by atoms with E-state index in [1.165, 1.54) is 6.26 Å². The van der Waals surface area contributed by atoms with Crippen LogP contribution in [0.1, 0.15) is 154 Å². The zero-order valence-corrected chi connectivity index (χ0v) is 64.1. The standard InChI is InChI=1S/C84H108O18Si2/c1-11-14-52-89-70-56-73(93-57-71(70)98-79(85)61-35-23-17-24-36-61)94-59-74(97-67(72-58-95-84(9,10)102-72)47-50-82(5,6)103(87,63-39-27-19-28-40-63)64-41-29-20-30-42-64)100-76-68(48-51-83(7,8)104(88,65-43-31-21-32-44-65)66-45-33-22-34-46-66)90-55-49-69(76)99-81-78(92-54-16-13-3)77(91-53-15-12-2)75(60(4)96-81)101-80(86)62-37-25-18-26-38-62/h17-46,49,55-57,60,67-70,72,74-78,81,87-88H,11-16,47-48,50-54,58-59H2,1-10H3/t60?,67?,68?,69?,70?,72-,74+,75-,76-,77?,78?,81+/m1/s1. The van der Waals surface area contributed by atoms with Gasteiger partial charge in [0.25, 0.3) is 22.6 Å². The first-order chi connectivity index (χ1) is 50.2.